The first-order valence-corrected chi connectivity index (χ1v) is 10.2. The molecule has 0 aliphatic carbocycles. The normalized spacial score (nSPS) is 12.8. The maximum atomic E-state index is 13.1. The summed E-state index contributed by atoms with van der Waals surface area (Å²) in [6.45, 7) is 8.51. The Morgan fingerprint density at radius 2 is 1.54 bits per heavy atom. The molecule has 2 aromatic rings. The van der Waals surface area contributed by atoms with Crippen molar-refractivity contribution in [1.29, 1.82) is 0 Å². The predicted octanol–water partition coefficient (Wildman–Crippen LogP) is 4.17. The lowest BCUT2D eigenvalue weighted by Crippen LogP contribution is -2.29. The molecule has 0 aliphatic rings. The third-order valence-corrected chi connectivity index (χ3v) is 6.22. The predicted molar refractivity (Wildman–Crippen MR) is 103 cm³/mol. The Morgan fingerprint density at radius 1 is 0.962 bits per heavy atom. The third kappa shape index (κ3) is 4.37. The summed E-state index contributed by atoms with van der Waals surface area (Å²) in [5, 5.41) is 0. The molecule has 0 fully saturated rings. The van der Waals surface area contributed by atoms with Gasteiger partial charge in [0.15, 0.2) is 11.5 Å². The molecule has 1 unspecified atom stereocenters. The summed E-state index contributed by atoms with van der Waals surface area (Å²) in [6.07, 6.45) is 0. The molecule has 0 amide bonds. The van der Waals surface area contributed by atoms with Crippen molar-refractivity contribution < 1.29 is 17.9 Å². The number of nitrogens with zero attached hydrogens (tertiary/aromatic N) is 1. The summed E-state index contributed by atoms with van der Waals surface area (Å²) in [4.78, 5) is 0.186. The molecule has 0 radical (unpaired) electrons. The fraction of sp³-hybridized carbons (Fsp3) is 0.400. The van der Waals surface area contributed by atoms with Gasteiger partial charge in [0, 0.05) is 19.2 Å². The maximum absolute atomic E-state index is 13.1. The van der Waals surface area contributed by atoms with Crippen LogP contribution in [-0.4, -0.2) is 33.0 Å². The maximum Gasteiger partial charge on any atom is 0.243 e. The van der Waals surface area contributed by atoms with E-state index in [1.54, 1.807) is 19.2 Å². The van der Waals surface area contributed by atoms with E-state index >= 15 is 0 Å². The molecular formula is C20H27NO4S. The van der Waals surface area contributed by atoms with Gasteiger partial charge in [-0.3, -0.25) is 0 Å². The van der Waals surface area contributed by atoms with Gasteiger partial charge in [0.05, 0.1) is 18.1 Å². The molecule has 0 saturated carbocycles. The molecule has 26 heavy (non-hydrogen) atoms. The summed E-state index contributed by atoms with van der Waals surface area (Å²) in [7, 11) is -2.08. The first kappa shape index (κ1) is 20.3. The van der Waals surface area contributed by atoms with E-state index in [-0.39, 0.29) is 10.9 Å². The number of ether oxygens (including phenoxy) is 2. The molecule has 6 heteroatoms. The van der Waals surface area contributed by atoms with Crippen LogP contribution in [-0.2, 0) is 10.0 Å². The van der Waals surface area contributed by atoms with Crippen LogP contribution < -0.4 is 9.47 Å². The van der Waals surface area contributed by atoms with Crippen LogP contribution in [0.3, 0.4) is 0 Å². The Kier molecular flexibility index (Phi) is 6.67. The van der Waals surface area contributed by atoms with Gasteiger partial charge < -0.3 is 9.47 Å². The summed E-state index contributed by atoms with van der Waals surface area (Å²) >= 11 is 0. The van der Waals surface area contributed by atoms with Gasteiger partial charge in [0.25, 0.3) is 0 Å². The molecule has 0 bridgehead atoms. The molecule has 0 heterocycles. The van der Waals surface area contributed by atoms with Crippen LogP contribution in [0.25, 0.3) is 0 Å². The molecule has 0 N–H and O–H groups in total. The SMILES string of the molecule is CCOc1ccc(S(=O)(=O)N(C)C(C)c2ccc(C)cc2)cc1OCC. The minimum atomic E-state index is -3.67. The van der Waals surface area contributed by atoms with Crippen molar-refractivity contribution in [3.63, 3.8) is 0 Å². The fourth-order valence-corrected chi connectivity index (χ4v) is 3.99. The van der Waals surface area contributed by atoms with Crippen molar-refractivity contribution in [2.45, 2.75) is 38.6 Å². The Labute approximate surface area is 156 Å². The highest BCUT2D eigenvalue weighted by Gasteiger charge is 2.27. The standard InChI is InChI=1S/C20H27NO4S/c1-6-24-19-13-12-18(14-20(19)25-7-2)26(22,23)21(5)16(4)17-10-8-15(3)9-11-17/h8-14,16H,6-7H2,1-5H3. The molecule has 142 valence electrons. The van der Waals surface area contributed by atoms with Gasteiger partial charge in [0.1, 0.15) is 0 Å². The van der Waals surface area contributed by atoms with Gasteiger partial charge in [0.2, 0.25) is 10.0 Å². The van der Waals surface area contributed by atoms with Gasteiger partial charge in [-0.1, -0.05) is 29.8 Å². The van der Waals surface area contributed by atoms with Crippen LogP contribution in [0, 0.1) is 6.92 Å². The summed E-state index contributed by atoms with van der Waals surface area (Å²) in [5.41, 5.74) is 2.08. The van der Waals surface area contributed by atoms with Crippen molar-refractivity contribution in [2.75, 3.05) is 20.3 Å². The van der Waals surface area contributed by atoms with Gasteiger partial charge in [-0.2, -0.15) is 4.31 Å². The Balaban J connectivity index is 2.35. The van der Waals surface area contributed by atoms with Crippen molar-refractivity contribution in [2.24, 2.45) is 0 Å². The van der Waals surface area contributed by atoms with Crippen molar-refractivity contribution in [3.8, 4) is 11.5 Å². The van der Waals surface area contributed by atoms with E-state index in [0.29, 0.717) is 24.7 Å². The first-order chi connectivity index (χ1) is 12.3. The van der Waals surface area contributed by atoms with E-state index in [0.717, 1.165) is 11.1 Å². The second-order valence-electron chi connectivity index (χ2n) is 6.08. The van der Waals surface area contributed by atoms with Crippen LogP contribution in [0.4, 0.5) is 0 Å². The second kappa shape index (κ2) is 8.56. The van der Waals surface area contributed by atoms with Gasteiger partial charge in [-0.25, -0.2) is 8.42 Å². The Morgan fingerprint density at radius 3 is 2.12 bits per heavy atom. The quantitative estimate of drug-likeness (QED) is 0.693. The van der Waals surface area contributed by atoms with E-state index < -0.39 is 10.0 Å². The zero-order valence-corrected chi connectivity index (χ0v) is 16.8. The minimum Gasteiger partial charge on any atom is -0.490 e. The molecule has 0 spiro atoms. The van der Waals surface area contributed by atoms with Crippen molar-refractivity contribution in [1.82, 2.24) is 4.31 Å². The number of rotatable bonds is 8. The summed E-state index contributed by atoms with van der Waals surface area (Å²) in [6, 6.07) is 12.3. The first-order valence-electron chi connectivity index (χ1n) is 8.75. The van der Waals surface area contributed by atoms with Crippen LogP contribution in [0.5, 0.6) is 11.5 Å². The zero-order valence-electron chi connectivity index (χ0n) is 16.0. The van der Waals surface area contributed by atoms with E-state index in [2.05, 4.69) is 0 Å². The Bertz CT molecular complexity index is 831. The van der Waals surface area contributed by atoms with E-state index in [1.165, 1.54) is 10.4 Å². The highest BCUT2D eigenvalue weighted by Crippen LogP contribution is 2.33. The van der Waals surface area contributed by atoms with Crippen LogP contribution in [0.2, 0.25) is 0 Å². The molecule has 0 aliphatic heterocycles. The smallest absolute Gasteiger partial charge is 0.243 e. The molecule has 0 saturated heterocycles. The van der Waals surface area contributed by atoms with Gasteiger partial charge >= 0.3 is 0 Å². The zero-order chi connectivity index (χ0) is 19.3. The number of hydrogen-bond donors (Lipinski definition) is 0. The fourth-order valence-electron chi connectivity index (χ4n) is 2.62. The molecule has 5 nitrogen and oxygen atoms in total. The van der Waals surface area contributed by atoms with Crippen molar-refractivity contribution in [3.05, 3.63) is 53.6 Å². The lowest BCUT2D eigenvalue weighted by molar-refractivity contribution is 0.287. The average molecular weight is 378 g/mol. The molecule has 2 aromatic carbocycles. The van der Waals surface area contributed by atoms with Gasteiger partial charge in [-0.05, 0) is 45.4 Å². The summed E-state index contributed by atoms with van der Waals surface area (Å²) < 4.78 is 38.6. The lowest BCUT2D eigenvalue weighted by Gasteiger charge is -2.25. The van der Waals surface area contributed by atoms with Gasteiger partial charge in [-0.15, -0.1) is 0 Å². The van der Waals surface area contributed by atoms with Crippen LogP contribution in [0.15, 0.2) is 47.4 Å². The van der Waals surface area contributed by atoms with Crippen molar-refractivity contribution >= 4 is 10.0 Å². The molecule has 0 aromatic heterocycles. The van der Waals surface area contributed by atoms with Crippen LogP contribution >= 0.6 is 0 Å². The Hall–Kier alpha value is -2.05. The topological polar surface area (TPSA) is 55.8 Å². The van der Waals surface area contributed by atoms with E-state index in [1.807, 2.05) is 52.0 Å². The second-order valence-corrected chi connectivity index (χ2v) is 8.08. The largest absolute Gasteiger partial charge is 0.490 e. The number of benzene rings is 2. The summed E-state index contributed by atoms with van der Waals surface area (Å²) in [5.74, 6) is 0.981. The molecule has 2 rings (SSSR count). The number of aryl methyl sites for hydroxylation is 1. The van der Waals surface area contributed by atoms with E-state index in [4.69, 9.17) is 9.47 Å². The highest BCUT2D eigenvalue weighted by molar-refractivity contribution is 7.89. The van der Waals surface area contributed by atoms with E-state index in [9.17, 15) is 8.42 Å². The minimum absolute atomic E-state index is 0.186. The average Bonchev–Trinajstić information content (AvgIpc) is 2.63. The molecule has 1 atom stereocenters. The monoisotopic (exact) mass is 377 g/mol. The lowest BCUT2D eigenvalue weighted by atomic mass is 10.1. The highest BCUT2D eigenvalue weighted by atomic mass is 32.2. The van der Waals surface area contributed by atoms with Crippen LogP contribution in [0.1, 0.15) is 37.9 Å². The number of sulfonamides is 1. The number of hydrogen-bond acceptors (Lipinski definition) is 4. The third-order valence-electron chi connectivity index (χ3n) is 4.30. The molecular weight excluding hydrogens is 350 g/mol.